The number of nitrogens with one attached hydrogen (secondary N) is 1. The van der Waals surface area contributed by atoms with Gasteiger partial charge in [0.1, 0.15) is 0 Å². The number of benzene rings is 1. The van der Waals surface area contributed by atoms with Crippen LogP contribution in [0.5, 0.6) is 0 Å². The number of anilines is 1. The molecule has 1 N–H and O–H groups in total. The minimum absolute atomic E-state index is 0.163. The molecule has 0 aromatic heterocycles. The second kappa shape index (κ2) is 6.40. The molecule has 1 rings (SSSR count). The molecule has 90 valence electrons. The quantitative estimate of drug-likeness (QED) is 0.364. The van der Waals surface area contributed by atoms with Gasteiger partial charge in [-0.25, -0.2) is 0 Å². The van der Waals surface area contributed by atoms with Gasteiger partial charge in [-0.05, 0) is 29.8 Å². The standard InChI is InChI=1S/C11H15N5O/c1-16(2)10-5-3-9(4-6-10)11(17)13-7-8-14-15-12/h3-6H,7-8H2,1-2H3,(H,13,17). The summed E-state index contributed by atoms with van der Waals surface area (Å²) in [5.74, 6) is -0.163. The van der Waals surface area contributed by atoms with Crippen LogP contribution in [0, 0.1) is 0 Å². The zero-order valence-electron chi connectivity index (χ0n) is 9.92. The fourth-order valence-electron chi connectivity index (χ4n) is 1.28. The molecule has 0 atom stereocenters. The van der Waals surface area contributed by atoms with E-state index in [0.717, 1.165) is 5.69 Å². The fraction of sp³-hybridized carbons (Fsp3) is 0.364. The number of amides is 1. The lowest BCUT2D eigenvalue weighted by molar-refractivity contribution is 0.0955. The topological polar surface area (TPSA) is 81.1 Å². The van der Waals surface area contributed by atoms with Crippen molar-refractivity contribution >= 4 is 11.6 Å². The van der Waals surface area contributed by atoms with E-state index in [4.69, 9.17) is 5.53 Å². The monoisotopic (exact) mass is 233 g/mol. The highest BCUT2D eigenvalue weighted by molar-refractivity contribution is 5.94. The molecule has 0 heterocycles. The third kappa shape index (κ3) is 4.04. The third-order valence-corrected chi connectivity index (χ3v) is 2.21. The van der Waals surface area contributed by atoms with Gasteiger partial charge in [0.05, 0.1) is 0 Å². The van der Waals surface area contributed by atoms with Crippen LogP contribution in [0.3, 0.4) is 0 Å². The number of carbonyl (C=O) groups is 1. The minimum Gasteiger partial charge on any atom is -0.378 e. The van der Waals surface area contributed by atoms with E-state index >= 15 is 0 Å². The highest BCUT2D eigenvalue weighted by Gasteiger charge is 2.04. The van der Waals surface area contributed by atoms with Crippen LogP contribution in [0.4, 0.5) is 5.69 Å². The zero-order valence-corrected chi connectivity index (χ0v) is 9.92. The lowest BCUT2D eigenvalue weighted by atomic mass is 10.2. The minimum atomic E-state index is -0.163. The molecule has 1 aromatic carbocycles. The summed E-state index contributed by atoms with van der Waals surface area (Å²) >= 11 is 0. The van der Waals surface area contributed by atoms with Crippen molar-refractivity contribution in [1.82, 2.24) is 5.32 Å². The number of carbonyl (C=O) groups excluding carboxylic acids is 1. The maximum absolute atomic E-state index is 11.6. The van der Waals surface area contributed by atoms with E-state index in [1.54, 1.807) is 12.1 Å². The molecule has 6 heteroatoms. The van der Waals surface area contributed by atoms with E-state index in [1.165, 1.54) is 0 Å². The lowest BCUT2D eigenvalue weighted by Gasteiger charge is -2.12. The van der Waals surface area contributed by atoms with Crippen LogP contribution in [-0.4, -0.2) is 33.1 Å². The Hall–Kier alpha value is -2.20. The maximum Gasteiger partial charge on any atom is 0.251 e. The summed E-state index contributed by atoms with van der Waals surface area (Å²) in [5.41, 5.74) is 9.70. The first kappa shape index (κ1) is 12.9. The first-order valence-corrected chi connectivity index (χ1v) is 5.21. The number of hydrogen-bond donors (Lipinski definition) is 1. The van der Waals surface area contributed by atoms with E-state index in [0.29, 0.717) is 12.1 Å². The lowest BCUT2D eigenvalue weighted by Crippen LogP contribution is -2.25. The van der Waals surface area contributed by atoms with Crippen LogP contribution in [-0.2, 0) is 0 Å². The van der Waals surface area contributed by atoms with E-state index in [-0.39, 0.29) is 12.5 Å². The van der Waals surface area contributed by atoms with Crippen molar-refractivity contribution in [2.24, 2.45) is 5.11 Å². The summed E-state index contributed by atoms with van der Waals surface area (Å²) < 4.78 is 0. The molecule has 0 unspecified atom stereocenters. The first-order valence-electron chi connectivity index (χ1n) is 5.21. The molecule has 0 radical (unpaired) electrons. The van der Waals surface area contributed by atoms with Crippen LogP contribution in [0.15, 0.2) is 29.4 Å². The average molecular weight is 233 g/mol. The molecule has 0 spiro atoms. The van der Waals surface area contributed by atoms with E-state index in [1.807, 2.05) is 31.1 Å². The molecular formula is C11H15N5O. The molecule has 0 aliphatic rings. The number of nitrogens with zero attached hydrogens (tertiary/aromatic N) is 4. The Morgan fingerprint density at radius 2 is 2.06 bits per heavy atom. The average Bonchev–Trinajstić information content (AvgIpc) is 2.34. The van der Waals surface area contributed by atoms with Gasteiger partial charge in [0.2, 0.25) is 0 Å². The first-order chi connectivity index (χ1) is 8.15. The number of hydrogen-bond acceptors (Lipinski definition) is 3. The predicted octanol–water partition coefficient (Wildman–Crippen LogP) is 1.79. The molecule has 0 fully saturated rings. The van der Waals surface area contributed by atoms with Crippen LogP contribution in [0.2, 0.25) is 0 Å². The smallest absolute Gasteiger partial charge is 0.251 e. The molecule has 0 saturated carbocycles. The van der Waals surface area contributed by atoms with Crippen molar-refractivity contribution < 1.29 is 4.79 Å². The predicted molar refractivity (Wildman–Crippen MR) is 67.1 cm³/mol. The molecule has 6 nitrogen and oxygen atoms in total. The molecule has 0 bridgehead atoms. The van der Waals surface area contributed by atoms with Crippen LogP contribution in [0.1, 0.15) is 10.4 Å². The Labute approximate surface area is 99.9 Å². The molecule has 0 aliphatic heterocycles. The number of azide groups is 1. The van der Waals surface area contributed by atoms with Crippen LogP contribution < -0.4 is 10.2 Å². The second-order valence-corrected chi connectivity index (χ2v) is 3.65. The van der Waals surface area contributed by atoms with Crippen molar-refractivity contribution in [2.75, 3.05) is 32.1 Å². The summed E-state index contributed by atoms with van der Waals surface area (Å²) in [7, 11) is 3.88. The molecule has 1 aromatic rings. The van der Waals surface area contributed by atoms with Crippen molar-refractivity contribution in [3.8, 4) is 0 Å². The van der Waals surface area contributed by atoms with Crippen LogP contribution >= 0.6 is 0 Å². The van der Waals surface area contributed by atoms with E-state index in [2.05, 4.69) is 15.3 Å². The molecule has 0 saturated heterocycles. The number of rotatable bonds is 5. The highest BCUT2D eigenvalue weighted by atomic mass is 16.1. The van der Waals surface area contributed by atoms with Gasteiger partial charge in [-0.2, -0.15) is 0 Å². The summed E-state index contributed by atoms with van der Waals surface area (Å²) in [5, 5.41) is 6.00. The fourth-order valence-corrected chi connectivity index (χ4v) is 1.28. The van der Waals surface area contributed by atoms with Crippen molar-refractivity contribution in [2.45, 2.75) is 0 Å². The Balaban J connectivity index is 2.54. The molecule has 0 aliphatic carbocycles. The molecular weight excluding hydrogens is 218 g/mol. The van der Waals surface area contributed by atoms with Gasteiger partial charge >= 0.3 is 0 Å². The summed E-state index contributed by atoms with van der Waals surface area (Å²) in [6.07, 6.45) is 0. The van der Waals surface area contributed by atoms with Gasteiger partial charge < -0.3 is 10.2 Å². The largest absolute Gasteiger partial charge is 0.378 e. The zero-order chi connectivity index (χ0) is 12.7. The normalized spacial score (nSPS) is 9.29. The maximum atomic E-state index is 11.6. The Bertz CT molecular complexity index is 420. The van der Waals surface area contributed by atoms with E-state index < -0.39 is 0 Å². The second-order valence-electron chi connectivity index (χ2n) is 3.65. The van der Waals surface area contributed by atoms with Gasteiger partial charge in [-0.3, -0.25) is 4.79 Å². The van der Waals surface area contributed by atoms with Gasteiger partial charge in [0, 0.05) is 43.3 Å². The van der Waals surface area contributed by atoms with Gasteiger partial charge in [0.25, 0.3) is 5.91 Å². The summed E-state index contributed by atoms with van der Waals surface area (Å²) in [6, 6.07) is 7.28. The van der Waals surface area contributed by atoms with Gasteiger partial charge in [0.15, 0.2) is 0 Å². The summed E-state index contributed by atoms with van der Waals surface area (Å²) in [6.45, 7) is 0.607. The highest BCUT2D eigenvalue weighted by Crippen LogP contribution is 2.11. The van der Waals surface area contributed by atoms with Crippen molar-refractivity contribution in [3.05, 3.63) is 40.3 Å². The van der Waals surface area contributed by atoms with Gasteiger partial charge in [-0.1, -0.05) is 5.11 Å². The molecule has 17 heavy (non-hydrogen) atoms. The Kier molecular flexibility index (Phi) is 4.84. The van der Waals surface area contributed by atoms with E-state index in [9.17, 15) is 4.79 Å². The Morgan fingerprint density at radius 3 is 2.59 bits per heavy atom. The molecule has 1 amide bonds. The SMILES string of the molecule is CN(C)c1ccc(C(=O)NCCN=[N+]=[N-])cc1. The third-order valence-electron chi connectivity index (χ3n) is 2.21. The van der Waals surface area contributed by atoms with Gasteiger partial charge in [-0.15, -0.1) is 0 Å². The Morgan fingerprint density at radius 1 is 1.41 bits per heavy atom. The van der Waals surface area contributed by atoms with Crippen LogP contribution in [0.25, 0.3) is 10.4 Å². The van der Waals surface area contributed by atoms with Crippen molar-refractivity contribution in [3.63, 3.8) is 0 Å². The summed E-state index contributed by atoms with van der Waals surface area (Å²) in [4.78, 5) is 16.2. The van der Waals surface area contributed by atoms with Crippen molar-refractivity contribution in [1.29, 1.82) is 0 Å².